The lowest BCUT2D eigenvalue weighted by Crippen LogP contribution is -1.91. The molecular weight excluding hydrogens is 232 g/mol. The Morgan fingerprint density at radius 3 is 2.83 bits per heavy atom. The Morgan fingerprint density at radius 1 is 1.33 bits per heavy atom. The van der Waals surface area contributed by atoms with Crippen molar-refractivity contribution in [2.75, 3.05) is 20.8 Å². The summed E-state index contributed by atoms with van der Waals surface area (Å²) in [6.45, 7) is 0.442. The van der Waals surface area contributed by atoms with E-state index in [4.69, 9.17) is 15.0 Å². The molecule has 0 aliphatic rings. The fraction of sp³-hybridized carbons (Fsp3) is 0.333. The van der Waals surface area contributed by atoms with Gasteiger partial charge in [0.2, 0.25) is 0 Å². The molecule has 0 saturated heterocycles. The number of hydrogen-bond donors (Lipinski definition) is 1. The van der Waals surface area contributed by atoms with Crippen molar-refractivity contribution in [2.45, 2.75) is 6.42 Å². The van der Waals surface area contributed by atoms with Gasteiger partial charge in [-0.05, 0) is 29.6 Å². The van der Waals surface area contributed by atoms with Crippen molar-refractivity contribution in [3.8, 4) is 11.5 Å². The molecule has 0 unspecified atom stereocenters. The van der Waals surface area contributed by atoms with Crippen LogP contribution >= 0.6 is 0 Å². The van der Waals surface area contributed by atoms with E-state index in [1.807, 2.05) is 18.3 Å². The number of nitrogens with one attached hydrogen (secondary N) is 1. The van der Waals surface area contributed by atoms with Gasteiger partial charge in [-0.15, -0.1) is 0 Å². The first-order valence-corrected chi connectivity index (χ1v) is 5.53. The van der Waals surface area contributed by atoms with Crippen LogP contribution in [0, 0.1) is 0 Å². The first kappa shape index (κ1) is 12.1. The molecule has 1 N–H and O–H groups in total. The summed E-state index contributed by atoms with van der Waals surface area (Å²) in [6.07, 6.45) is 2.60. The molecular formula is C12H14N4O2. The van der Waals surface area contributed by atoms with Crippen molar-refractivity contribution < 1.29 is 9.47 Å². The largest absolute Gasteiger partial charge is 0.493 e. The van der Waals surface area contributed by atoms with Crippen molar-refractivity contribution in [3.63, 3.8) is 0 Å². The van der Waals surface area contributed by atoms with Crippen LogP contribution in [0.1, 0.15) is 5.56 Å². The summed E-state index contributed by atoms with van der Waals surface area (Å²) in [5, 5.41) is 4.60. The van der Waals surface area contributed by atoms with Crippen molar-refractivity contribution in [3.05, 3.63) is 34.3 Å². The molecule has 0 amide bonds. The van der Waals surface area contributed by atoms with Gasteiger partial charge in [-0.3, -0.25) is 0 Å². The summed E-state index contributed by atoms with van der Waals surface area (Å²) >= 11 is 0. The van der Waals surface area contributed by atoms with Crippen LogP contribution < -0.4 is 9.47 Å². The van der Waals surface area contributed by atoms with Gasteiger partial charge in [0.25, 0.3) is 0 Å². The molecule has 0 radical (unpaired) electrons. The average molecular weight is 246 g/mol. The Labute approximate surface area is 104 Å². The zero-order chi connectivity index (χ0) is 13.0. The lowest BCUT2D eigenvalue weighted by Gasteiger charge is -2.08. The molecule has 0 aliphatic heterocycles. The number of methoxy groups -OCH3 is 2. The van der Waals surface area contributed by atoms with Gasteiger partial charge in [-0.25, -0.2) is 0 Å². The predicted octanol–water partition coefficient (Wildman–Crippen LogP) is 3.04. The van der Waals surface area contributed by atoms with Crippen LogP contribution in [-0.2, 0) is 6.42 Å². The topological polar surface area (TPSA) is 83.0 Å². The molecule has 6 heteroatoms. The second-order valence-corrected chi connectivity index (χ2v) is 3.74. The summed E-state index contributed by atoms with van der Waals surface area (Å²) in [5.74, 6) is 1.37. The summed E-state index contributed by atoms with van der Waals surface area (Å²) in [7, 11) is 3.22. The number of H-pyrrole nitrogens is 1. The molecule has 0 atom stereocenters. The summed E-state index contributed by atoms with van der Waals surface area (Å²) < 4.78 is 10.6. The second kappa shape index (κ2) is 5.33. The zero-order valence-electron chi connectivity index (χ0n) is 10.3. The lowest BCUT2D eigenvalue weighted by molar-refractivity contribution is 0.358. The number of benzene rings is 1. The monoisotopic (exact) mass is 246 g/mol. The highest BCUT2D eigenvalue weighted by Crippen LogP contribution is 2.35. The number of rotatable bonds is 5. The summed E-state index contributed by atoms with van der Waals surface area (Å²) in [4.78, 5) is 5.92. The Morgan fingerprint density at radius 2 is 2.17 bits per heavy atom. The Balaban J connectivity index is 2.44. The van der Waals surface area contributed by atoms with Gasteiger partial charge in [0.05, 0.1) is 19.7 Å². The number of ether oxygens (including phenoxy) is 2. The van der Waals surface area contributed by atoms with E-state index >= 15 is 0 Å². The average Bonchev–Trinajstić information content (AvgIpc) is 2.81. The van der Waals surface area contributed by atoms with Crippen LogP contribution in [0.15, 0.2) is 23.4 Å². The second-order valence-electron chi connectivity index (χ2n) is 3.74. The highest BCUT2D eigenvalue weighted by Gasteiger charge is 2.12. The van der Waals surface area contributed by atoms with Crippen LogP contribution in [0.2, 0.25) is 0 Å². The molecule has 0 spiro atoms. The smallest absolute Gasteiger partial charge is 0.184 e. The van der Waals surface area contributed by atoms with Gasteiger partial charge in [0.15, 0.2) is 11.5 Å². The number of hydrogen-bond acceptors (Lipinski definition) is 3. The minimum absolute atomic E-state index is 0.442. The third kappa shape index (κ3) is 2.06. The van der Waals surface area contributed by atoms with Crippen LogP contribution in [-0.4, -0.2) is 25.7 Å². The fourth-order valence-corrected chi connectivity index (χ4v) is 2.00. The van der Waals surface area contributed by atoms with Gasteiger partial charge >= 0.3 is 0 Å². The molecule has 2 aromatic rings. The van der Waals surface area contributed by atoms with E-state index in [-0.39, 0.29) is 0 Å². The fourth-order valence-electron chi connectivity index (χ4n) is 2.00. The lowest BCUT2D eigenvalue weighted by atomic mass is 10.1. The number of azide groups is 1. The zero-order valence-corrected chi connectivity index (χ0v) is 10.3. The van der Waals surface area contributed by atoms with E-state index in [9.17, 15) is 0 Å². The molecule has 0 fully saturated rings. The summed E-state index contributed by atoms with van der Waals surface area (Å²) in [6, 6.07) is 3.84. The molecule has 0 bridgehead atoms. The molecule has 6 nitrogen and oxygen atoms in total. The Bertz CT molecular complexity index is 599. The van der Waals surface area contributed by atoms with Gasteiger partial charge in [0.1, 0.15) is 0 Å². The van der Waals surface area contributed by atoms with Crippen molar-refractivity contribution in [1.82, 2.24) is 4.98 Å². The quantitative estimate of drug-likeness (QED) is 0.499. The van der Waals surface area contributed by atoms with Crippen LogP contribution in [0.25, 0.3) is 21.3 Å². The first-order chi connectivity index (χ1) is 8.81. The highest BCUT2D eigenvalue weighted by atomic mass is 16.5. The maximum atomic E-state index is 8.27. The summed E-state index contributed by atoms with van der Waals surface area (Å²) in [5.41, 5.74) is 10.3. The van der Waals surface area contributed by atoms with Crippen molar-refractivity contribution in [1.29, 1.82) is 0 Å². The third-order valence-corrected chi connectivity index (χ3v) is 2.83. The van der Waals surface area contributed by atoms with Crippen molar-refractivity contribution >= 4 is 10.9 Å². The maximum Gasteiger partial charge on any atom is 0.184 e. The predicted molar refractivity (Wildman–Crippen MR) is 69.1 cm³/mol. The number of nitrogens with zero attached hydrogens (tertiary/aromatic N) is 3. The van der Waals surface area contributed by atoms with E-state index in [0.29, 0.717) is 24.5 Å². The standard InChI is InChI=1S/C12H14N4O2/c1-17-10-4-3-9-8(5-6-15-16-13)7-14-11(9)12(10)18-2/h3-4,7,14H,5-6H2,1-2H3. The molecule has 18 heavy (non-hydrogen) atoms. The molecule has 1 aromatic heterocycles. The normalized spacial score (nSPS) is 10.1. The third-order valence-electron chi connectivity index (χ3n) is 2.83. The van der Waals surface area contributed by atoms with Crippen LogP contribution in [0.5, 0.6) is 11.5 Å². The van der Waals surface area contributed by atoms with Crippen molar-refractivity contribution in [2.24, 2.45) is 5.11 Å². The van der Waals surface area contributed by atoms with Crippen LogP contribution in [0.3, 0.4) is 0 Å². The van der Waals surface area contributed by atoms with E-state index in [2.05, 4.69) is 15.0 Å². The number of aromatic amines is 1. The maximum absolute atomic E-state index is 8.27. The first-order valence-electron chi connectivity index (χ1n) is 5.53. The highest BCUT2D eigenvalue weighted by molar-refractivity contribution is 5.90. The number of aromatic nitrogens is 1. The minimum Gasteiger partial charge on any atom is -0.493 e. The Hall–Kier alpha value is -2.33. The molecule has 0 saturated carbocycles. The van der Waals surface area contributed by atoms with Gasteiger partial charge in [-0.2, -0.15) is 0 Å². The molecule has 1 heterocycles. The SMILES string of the molecule is COc1ccc2c(CCN=[N+]=[N-])c[nH]c2c1OC. The molecule has 0 aliphatic carbocycles. The van der Waals surface area contributed by atoms with Gasteiger partial charge in [-0.1, -0.05) is 5.11 Å². The van der Waals surface area contributed by atoms with E-state index in [1.54, 1.807) is 14.2 Å². The number of fused-ring (bicyclic) bond motifs is 1. The van der Waals surface area contributed by atoms with E-state index in [1.165, 1.54) is 0 Å². The Kier molecular flexibility index (Phi) is 3.60. The van der Waals surface area contributed by atoms with Gasteiger partial charge < -0.3 is 14.5 Å². The molecule has 2 rings (SSSR count). The van der Waals surface area contributed by atoms with E-state index in [0.717, 1.165) is 16.5 Å². The van der Waals surface area contributed by atoms with Crippen LogP contribution in [0.4, 0.5) is 0 Å². The molecule has 1 aromatic carbocycles. The van der Waals surface area contributed by atoms with E-state index < -0.39 is 0 Å². The minimum atomic E-state index is 0.442. The molecule has 94 valence electrons. The van der Waals surface area contributed by atoms with Gasteiger partial charge in [0, 0.05) is 23.0 Å².